The molecule has 4 atom stereocenters. The number of rotatable bonds is 2. The van der Waals surface area contributed by atoms with Crippen LogP contribution in [0.5, 0.6) is 0 Å². The maximum absolute atomic E-state index is 13.4. The van der Waals surface area contributed by atoms with Crippen molar-refractivity contribution in [3.63, 3.8) is 0 Å². The molecule has 0 spiro atoms. The molecule has 0 amide bonds. The topological polar surface area (TPSA) is 78.9 Å². The lowest BCUT2D eigenvalue weighted by atomic mass is 9.84. The van der Waals surface area contributed by atoms with Gasteiger partial charge in [0.25, 0.3) is 0 Å². The Kier molecular flexibility index (Phi) is 5.28. The van der Waals surface area contributed by atoms with Crippen LogP contribution in [-0.2, 0) is 28.6 Å². The number of hydrogen-bond donors (Lipinski definition) is 0. The van der Waals surface area contributed by atoms with Crippen LogP contribution < -0.4 is 0 Å². The molecule has 2 heterocycles. The lowest BCUT2D eigenvalue weighted by molar-refractivity contribution is -0.158. The zero-order chi connectivity index (χ0) is 21.6. The number of fused-ring (bicyclic) bond motifs is 2. The van der Waals surface area contributed by atoms with Crippen LogP contribution in [0.2, 0.25) is 0 Å². The average molecular weight is 422 g/mol. The van der Waals surface area contributed by atoms with E-state index < -0.39 is 54.0 Å². The summed E-state index contributed by atoms with van der Waals surface area (Å²) in [6, 6.07) is 0. The molecule has 0 radical (unpaired) electrons. The van der Waals surface area contributed by atoms with Gasteiger partial charge >= 0.3 is 17.9 Å². The van der Waals surface area contributed by atoms with E-state index in [0.29, 0.717) is 12.0 Å². The van der Waals surface area contributed by atoms with Gasteiger partial charge in [-0.1, -0.05) is 12.2 Å². The van der Waals surface area contributed by atoms with Crippen molar-refractivity contribution in [2.75, 3.05) is 0 Å². The van der Waals surface area contributed by atoms with Gasteiger partial charge in [0.15, 0.2) is 0 Å². The molecule has 2 aliphatic carbocycles. The summed E-state index contributed by atoms with van der Waals surface area (Å²) in [5.74, 6) is -5.61. The van der Waals surface area contributed by atoms with Crippen LogP contribution in [0, 0.1) is 11.8 Å². The highest BCUT2D eigenvalue weighted by molar-refractivity contribution is 5.93. The Labute approximate surface area is 172 Å². The van der Waals surface area contributed by atoms with E-state index in [4.69, 9.17) is 14.2 Å². The highest BCUT2D eigenvalue weighted by Gasteiger charge is 2.47. The van der Waals surface area contributed by atoms with Crippen molar-refractivity contribution < 1.29 is 37.4 Å². The van der Waals surface area contributed by atoms with E-state index in [1.807, 2.05) is 6.92 Å². The lowest BCUT2D eigenvalue weighted by Crippen LogP contribution is -2.36. The minimum atomic E-state index is -2.74. The molecule has 1 saturated carbocycles. The largest absolute Gasteiger partial charge is 0.458 e. The maximum atomic E-state index is 13.4. The molecule has 0 aromatic heterocycles. The Morgan fingerprint density at radius 2 is 1.83 bits per heavy atom. The summed E-state index contributed by atoms with van der Waals surface area (Å²) in [5, 5.41) is 0. The molecule has 162 valence electrons. The fourth-order valence-electron chi connectivity index (χ4n) is 4.62. The van der Waals surface area contributed by atoms with Gasteiger partial charge in [-0.25, -0.2) is 18.4 Å². The Morgan fingerprint density at radius 3 is 2.53 bits per heavy atom. The monoisotopic (exact) mass is 422 g/mol. The van der Waals surface area contributed by atoms with Gasteiger partial charge in [-0.05, 0) is 31.9 Å². The summed E-state index contributed by atoms with van der Waals surface area (Å²) in [4.78, 5) is 37.1. The zero-order valence-electron chi connectivity index (χ0n) is 16.7. The second-order valence-corrected chi connectivity index (χ2v) is 8.58. The lowest BCUT2D eigenvalue weighted by Gasteiger charge is -2.30. The van der Waals surface area contributed by atoms with Crippen LogP contribution in [0.1, 0.15) is 45.4 Å². The fraction of sp³-hybridized carbons (Fsp3) is 0.591. The Hall–Kier alpha value is -2.51. The highest BCUT2D eigenvalue weighted by Crippen LogP contribution is 2.40. The summed E-state index contributed by atoms with van der Waals surface area (Å²) in [6.45, 7) is 5.63. The Bertz CT molecular complexity index is 848. The molecular weight excluding hydrogens is 398 g/mol. The molecule has 2 aliphatic heterocycles. The quantitative estimate of drug-likeness (QED) is 0.294. The molecule has 30 heavy (non-hydrogen) atoms. The standard InChI is InChI=1S/C22H24F2O6/c1-11-7-15-9-14(21(27)28-15)10-17-18(12(2)19(25)29-17)16(8-11)30-20(26)13-3-5-22(23,24)6-4-13/h8-9,13,15-18H,2-7,10H2,1H3/b11-8+/t15-,16+,17-,18-/m0/s1. The van der Waals surface area contributed by atoms with Gasteiger partial charge in [0.05, 0.1) is 11.8 Å². The van der Waals surface area contributed by atoms with Crippen LogP contribution >= 0.6 is 0 Å². The average Bonchev–Trinajstić information content (AvgIpc) is 3.12. The SMILES string of the molecule is C=C1C(=O)O[C@H]2CC3=C[C@H](C/C(C)=C/[C@@H](OC(=O)C4CCC(F)(F)CC4)[C@H]12)OC3=O. The molecule has 4 aliphatic rings. The van der Waals surface area contributed by atoms with Gasteiger partial charge in [0.2, 0.25) is 5.92 Å². The molecule has 0 aromatic carbocycles. The normalized spacial score (nSPS) is 35.5. The van der Waals surface area contributed by atoms with E-state index in [9.17, 15) is 23.2 Å². The summed E-state index contributed by atoms with van der Waals surface area (Å²) in [6.07, 6.45) is 1.48. The zero-order valence-corrected chi connectivity index (χ0v) is 16.7. The molecule has 4 rings (SSSR count). The van der Waals surface area contributed by atoms with E-state index >= 15 is 0 Å². The van der Waals surface area contributed by atoms with E-state index in [1.165, 1.54) is 0 Å². The van der Waals surface area contributed by atoms with Crippen molar-refractivity contribution in [1.82, 2.24) is 0 Å². The molecule has 0 N–H and O–H groups in total. The molecule has 2 bridgehead atoms. The number of ether oxygens (including phenoxy) is 3. The number of carbonyl (C=O) groups is 3. The van der Waals surface area contributed by atoms with Crippen molar-refractivity contribution in [2.45, 2.75) is 69.7 Å². The summed E-state index contributed by atoms with van der Waals surface area (Å²) in [7, 11) is 0. The maximum Gasteiger partial charge on any atom is 0.334 e. The summed E-state index contributed by atoms with van der Waals surface area (Å²) >= 11 is 0. The highest BCUT2D eigenvalue weighted by atomic mass is 19.3. The Morgan fingerprint density at radius 1 is 1.13 bits per heavy atom. The number of carbonyl (C=O) groups excluding carboxylic acids is 3. The third-order valence-electron chi connectivity index (χ3n) is 6.28. The molecule has 0 aromatic rings. The third kappa shape index (κ3) is 4.04. The predicted octanol–water partition coefficient (Wildman–Crippen LogP) is 3.41. The van der Waals surface area contributed by atoms with Crippen LogP contribution in [-0.4, -0.2) is 42.1 Å². The van der Waals surface area contributed by atoms with Crippen LogP contribution in [0.3, 0.4) is 0 Å². The van der Waals surface area contributed by atoms with E-state index in [2.05, 4.69) is 6.58 Å². The van der Waals surface area contributed by atoms with E-state index in [0.717, 1.165) is 5.57 Å². The first-order valence-electron chi connectivity index (χ1n) is 10.2. The smallest absolute Gasteiger partial charge is 0.334 e. The minimum absolute atomic E-state index is 0.0586. The van der Waals surface area contributed by atoms with E-state index in [-0.39, 0.29) is 37.7 Å². The van der Waals surface area contributed by atoms with Crippen molar-refractivity contribution >= 4 is 17.9 Å². The number of esters is 3. The third-order valence-corrected chi connectivity index (χ3v) is 6.28. The minimum Gasteiger partial charge on any atom is -0.458 e. The van der Waals surface area contributed by atoms with Gasteiger partial charge in [-0.3, -0.25) is 4.79 Å². The first kappa shape index (κ1) is 20.8. The van der Waals surface area contributed by atoms with Crippen molar-refractivity contribution in [3.05, 3.63) is 35.5 Å². The number of halogens is 2. The van der Waals surface area contributed by atoms with Gasteiger partial charge < -0.3 is 14.2 Å². The number of hydrogen-bond acceptors (Lipinski definition) is 6. The second-order valence-electron chi connectivity index (χ2n) is 8.58. The van der Waals surface area contributed by atoms with Crippen molar-refractivity contribution in [3.8, 4) is 0 Å². The summed E-state index contributed by atoms with van der Waals surface area (Å²) < 4.78 is 43.4. The molecule has 6 nitrogen and oxygen atoms in total. The molecule has 0 unspecified atom stereocenters. The fourth-order valence-corrected chi connectivity index (χ4v) is 4.62. The van der Waals surface area contributed by atoms with Gasteiger partial charge in [0, 0.05) is 36.8 Å². The van der Waals surface area contributed by atoms with Gasteiger partial charge in [-0.2, -0.15) is 0 Å². The molecular formula is C22H24F2O6. The van der Waals surface area contributed by atoms with Gasteiger partial charge in [-0.15, -0.1) is 0 Å². The first-order chi connectivity index (χ1) is 14.1. The first-order valence-corrected chi connectivity index (χ1v) is 10.2. The van der Waals surface area contributed by atoms with E-state index in [1.54, 1.807) is 12.2 Å². The van der Waals surface area contributed by atoms with Crippen molar-refractivity contribution in [2.24, 2.45) is 11.8 Å². The number of alkyl halides is 2. The van der Waals surface area contributed by atoms with Gasteiger partial charge in [0.1, 0.15) is 18.3 Å². The molecule has 1 saturated heterocycles. The summed E-state index contributed by atoms with van der Waals surface area (Å²) in [5.41, 5.74) is 1.40. The van der Waals surface area contributed by atoms with Crippen molar-refractivity contribution in [1.29, 1.82) is 0 Å². The Balaban J connectivity index is 1.58. The molecule has 8 heteroatoms. The van der Waals surface area contributed by atoms with Crippen LogP contribution in [0.15, 0.2) is 35.5 Å². The predicted molar refractivity (Wildman–Crippen MR) is 100 cm³/mol. The second kappa shape index (κ2) is 7.63. The van der Waals surface area contributed by atoms with Crippen LogP contribution in [0.25, 0.3) is 0 Å². The van der Waals surface area contributed by atoms with Crippen LogP contribution in [0.4, 0.5) is 8.78 Å². The molecule has 2 fully saturated rings.